The van der Waals surface area contributed by atoms with Gasteiger partial charge in [-0.05, 0) is 50.5 Å². The fourth-order valence-corrected chi connectivity index (χ4v) is 3.31. The second-order valence-electron chi connectivity index (χ2n) is 6.67. The maximum Gasteiger partial charge on any atom is 0.251 e. The van der Waals surface area contributed by atoms with Crippen LogP contribution in [0.25, 0.3) is 0 Å². The molecule has 0 aliphatic heterocycles. The second-order valence-corrected chi connectivity index (χ2v) is 8.69. The van der Waals surface area contributed by atoms with E-state index in [1.54, 1.807) is 13.0 Å². The van der Waals surface area contributed by atoms with Gasteiger partial charge >= 0.3 is 0 Å². The zero-order valence-corrected chi connectivity index (χ0v) is 16.1. The molecule has 25 heavy (non-hydrogen) atoms. The van der Waals surface area contributed by atoms with Crippen molar-refractivity contribution in [1.82, 2.24) is 15.1 Å². The third-order valence-corrected chi connectivity index (χ3v) is 5.19. The van der Waals surface area contributed by atoms with Crippen molar-refractivity contribution in [2.24, 2.45) is 5.92 Å². The van der Waals surface area contributed by atoms with Gasteiger partial charge in [-0.1, -0.05) is 13.0 Å². The number of nitrogens with one attached hydrogen (secondary N) is 1. The van der Waals surface area contributed by atoms with Gasteiger partial charge in [0.25, 0.3) is 5.91 Å². The van der Waals surface area contributed by atoms with Crippen LogP contribution in [-0.2, 0) is 16.4 Å². The standard InChI is InChI=1S/C18H25N3O3S/c1-12(11-21-15(4)8-14(3)20-21)10-19-18(22)17-9-16(25(5,23)24)7-6-13(17)2/h6-9,12H,10-11H2,1-5H3,(H,19,22). The van der Waals surface area contributed by atoms with Gasteiger partial charge < -0.3 is 5.32 Å². The highest BCUT2D eigenvalue weighted by molar-refractivity contribution is 7.90. The Morgan fingerprint density at radius 3 is 2.48 bits per heavy atom. The summed E-state index contributed by atoms with van der Waals surface area (Å²) in [6.45, 7) is 8.98. The smallest absolute Gasteiger partial charge is 0.251 e. The van der Waals surface area contributed by atoms with Crippen LogP contribution in [0, 0.1) is 26.7 Å². The second kappa shape index (κ2) is 7.39. The first-order valence-electron chi connectivity index (χ1n) is 8.18. The first-order valence-corrected chi connectivity index (χ1v) is 10.1. The fraction of sp³-hybridized carbons (Fsp3) is 0.444. The number of hydrogen-bond donors (Lipinski definition) is 1. The highest BCUT2D eigenvalue weighted by atomic mass is 32.2. The minimum absolute atomic E-state index is 0.152. The lowest BCUT2D eigenvalue weighted by Crippen LogP contribution is -2.31. The van der Waals surface area contributed by atoms with Gasteiger partial charge in [0.1, 0.15) is 0 Å². The zero-order chi connectivity index (χ0) is 18.8. The van der Waals surface area contributed by atoms with Gasteiger partial charge in [-0.25, -0.2) is 8.42 Å². The Labute approximate surface area is 149 Å². The van der Waals surface area contributed by atoms with Gasteiger partial charge in [0.15, 0.2) is 9.84 Å². The van der Waals surface area contributed by atoms with Crippen molar-refractivity contribution >= 4 is 15.7 Å². The van der Waals surface area contributed by atoms with Gasteiger partial charge in [0.2, 0.25) is 0 Å². The van der Waals surface area contributed by atoms with Crippen LogP contribution < -0.4 is 5.32 Å². The Kier molecular flexibility index (Phi) is 5.67. The molecule has 7 heteroatoms. The Bertz CT molecular complexity index is 885. The molecule has 136 valence electrons. The molecule has 2 aromatic rings. The first kappa shape index (κ1) is 19.2. The largest absolute Gasteiger partial charge is 0.352 e. The van der Waals surface area contributed by atoms with E-state index in [1.807, 2.05) is 31.5 Å². The van der Waals surface area contributed by atoms with Crippen molar-refractivity contribution in [2.75, 3.05) is 12.8 Å². The molecular weight excluding hydrogens is 338 g/mol. The van der Waals surface area contributed by atoms with Crippen molar-refractivity contribution < 1.29 is 13.2 Å². The van der Waals surface area contributed by atoms with Crippen LogP contribution >= 0.6 is 0 Å². The third kappa shape index (κ3) is 4.92. The molecule has 1 N–H and O–H groups in total. The lowest BCUT2D eigenvalue weighted by atomic mass is 10.1. The molecule has 6 nitrogen and oxygen atoms in total. The number of aromatic nitrogens is 2. The normalized spacial score (nSPS) is 12.8. The Morgan fingerprint density at radius 1 is 1.24 bits per heavy atom. The SMILES string of the molecule is Cc1cc(C)n(CC(C)CNC(=O)c2cc(S(C)(=O)=O)ccc2C)n1. The first-order chi connectivity index (χ1) is 11.6. The van der Waals surface area contributed by atoms with E-state index < -0.39 is 9.84 Å². The van der Waals surface area contributed by atoms with E-state index >= 15 is 0 Å². The van der Waals surface area contributed by atoms with E-state index in [2.05, 4.69) is 10.4 Å². The van der Waals surface area contributed by atoms with Crippen molar-refractivity contribution in [1.29, 1.82) is 0 Å². The summed E-state index contributed by atoms with van der Waals surface area (Å²) in [6.07, 6.45) is 1.13. The molecule has 0 fully saturated rings. The average Bonchev–Trinajstić information content (AvgIpc) is 2.81. The maximum atomic E-state index is 12.4. The molecule has 1 atom stereocenters. The lowest BCUT2D eigenvalue weighted by Gasteiger charge is -2.15. The van der Waals surface area contributed by atoms with Gasteiger partial charge in [-0.2, -0.15) is 5.10 Å². The predicted molar refractivity (Wildman–Crippen MR) is 97.5 cm³/mol. The molecule has 0 aliphatic rings. The Hall–Kier alpha value is -2.15. The summed E-state index contributed by atoms with van der Waals surface area (Å²) in [7, 11) is -3.34. The lowest BCUT2D eigenvalue weighted by molar-refractivity contribution is 0.0945. The number of benzene rings is 1. The zero-order valence-electron chi connectivity index (χ0n) is 15.3. The number of carbonyl (C=O) groups excluding carboxylic acids is 1. The van der Waals surface area contributed by atoms with Crippen molar-refractivity contribution in [3.63, 3.8) is 0 Å². The summed E-state index contributed by atoms with van der Waals surface area (Å²) in [6, 6.07) is 6.63. The van der Waals surface area contributed by atoms with Crippen molar-refractivity contribution in [3.8, 4) is 0 Å². The molecule has 1 heterocycles. The summed E-state index contributed by atoms with van der Waals surface area (Å²) >= 11 is 0. The predicted octanol–water partition coefficient (Wildman–Crippen LogP) is 2.28. The quantitative estimate of drug-likeness (QED) is 0.854. The number of nitrogens with zero attached hydrogens (tertiary/aromatic N) is 2. The number of rotatable bonds is 6. The van der Waals surface area contributed by atoms with Crippen LogP contribution in [0.15, 0.2) is 29.2 Å². The van der Waals surface area contributed by atoms with Gasteiger partial charge in [-0.3, -0.25) is 9.48 Å². The molecule has 0 bridgehead atoms. The van der Waals surface area contributed by atoms with E-state index in [0.717, 1.165) is 23.2 Å². The molecular formula is C18H25N3O3S. The highest BCUT2D eigenvalue weighted by Gasteiger charge is 2.15. The minimum atomic E-state index is -3.34. The van der Waals surface area contributed by atoms with Crippen LogP contribution in [0.1, 0.15) is 34.2 Å². The van der Waals surface area contributed by atoms with Crippen LogP contribution in [0.3, 0.4) is 0 Å². The van der Waals surface area contributed by atoms with E-state index in [-0.39, 0.29) is 16.7 Å². The van der Waals surface area contributed by atoms with E-state index in [0.29, 0.717) is 18.7 Å². The monoisotopic (exact) mass is 363 g/mol. The molecule has 1 unspecified atom stereocenters. The van der Waals surface area contributed by atoms with Crippen LogP contribution in [0.4, 0.5) is 0 Å². The average molecular weight is 363 g/mol. The topological polar surface area (TPSA) is 81.1 Å². The summed E-state index contributed by atoms with van der Waals surface area (Å²) in [5.41, 5.74) is 3.20. The molecule has 1 aromatic heterocycles. The van der Waals surface area contributed by atoms with Gasteiger partial charge in [-0.15, -0.1) is 0 Å². The van der Waals surface area contributed by atoms with E-state index in [1.165, 1.54) is 12.1 Å². The molecule has 1 amide bonds. The Balaban J connectivity index is 2.03. The summed E-state index contributed by atoms with van der Waals surface area (Å²) in [5, 5.41) is 7.32. The molecule has 0 radical (unpaired) electrons. The molecule has 0 saturated carbocycles. The third-order valence-electron chi connectivity index (χ3n) is 4.08. The van der Waals surface area contributed by atoms with Crippen molar-refractivity contribution in [3.05, 3.63) is 46.8 Å². The van der Waals surface area contributed by atoms with Crippen LogP contribution in [0.2, 0.25) is 0 Å². The van der Waals surface area contributed by atoms with E-state index in [9.17, 15) is 13.2 Å². The van der Waals surface area contributed by atoms with Gasteiger partial charge in [0, 0.05) is 30.6 Å². The van der Waals surface area contributed by atoms with Crippen molar-refractivity contribution in [2.45, 2.75) is 39.1 Å². The maximum absolute atomic E-state index is 12.4. The van der Waals surface area contributed by atoms with E-state index in [4.69, 9.17) is 0 Å². The Morgan fingerprint density at radius 2 is 1.92 bits per heavy atom. The summed E-state index contributed by atoms with van der Waals surface area (Å²) in [5.74, 6) is -0.0661. The molecule has 2 rings (SSSR count). The van der Waals surface area contributed by atoms with Crippen LogP contribution in [-0.4, -0.2) is 36.9 Å². The molecule has 0 spiro atoms. The number of hydrogen-bond acceptors (Lipinski definition) is 4. The number of sulfone groups is 1. The summed E-state index contributed by atoms with van der Waals surface area (Å²) < 4.78 is 25.3. The highest BCUT2D eigenvalue weighted by Crippen LogP contribution is 2.16. The van der Waals surface area contributed by atoms with Crippen LogP contribution in [0.5, 0.6) is 0 Å². The molecule has 0 aliphatic carbocycles. The van der Waals surface area contributed by atoms with Gasteiger partial charge in [0.05, 0.1) is 10.6 Å². The number of amides is 1. The minimum Gasteiger partial charge on any atom is -0.352 e. The summed E-state index contributed by atoms with van der Waals surface area (Å²) in [4.78, 5) is 12.6. The molecule has 0 saturated heterocycles. The molecule has 1 aromatic carbocycles. The number of carbonyl (C=O) groups is 1. The fourth-order valence-electron chi connectivity index (χ4n) is 2.66. The number of aryl methyl sites for hydroxylation is 3.